The van der Waals surface area contributed by atoms with Crippen LogP contribution in [0, 0.1) is 17.3 Å². The van der Waals surface area contributed by atoms with Crippen molar-refractivity contribution in [2.45, 2.75) is 104 Å². The van der Waals surface area contributed by atoms with Crippen molar-refractivity contribution in [3.63, 3.8) is 0 Å². The first-order chi connectivity index (χ1) is 10.1. The van der Waals surface area contributed by atoms with Gasteiger partial charge in [0.1, 0.15) is 0 Å². The van der Waals surface area contributed by atoms with Crippen LogP contribution in [0.5, 0.6) is 0 Å². The lowest BCUT2D eigenvalue weighted by molar-refractivity contribution is 0.0740. The molecule has 0 aromatic carbocycles. The van der Waals surface area contributed by atoms with Crippen molar-refractivity contribution in [3.8, 4) is 0 Å². The Bertz CT molecular complexity index is 246. The molecule has 0 spiro atoms. The fourth-order valence-electron chi connectivity index (χ4n) is 4.43. The molecule has 0 amide bonds. The predicted molar refractivity (Wildman–Crippen MR) is 93.5 cm³/mol. The summed E-state index contributed by atoms with van der Waals surface area (Å²) < 4.78 is 0. The minimum atomic E-state index is 0.371. The molecule has 0 saturated heterocycles. The van der Waals surface area contributed by atoms with Gasteiger partial charge in [-0.25, -0.2) is 0 Å². The van der Waals surface area contributed by atoms with E-state index >= 15 is 0 Å². The van der Waals surface area contributed by atoms with Gasteiger partial charge in [0.15, 0.2) is 0 Å². The van der Waals surface area contributed by atoms with Crippen molar-refractivity contribution in [2.75, 3.05) is 6.61 Å². The normalized spacial score (nSPS) is 25.1. The van der Waals surface area contributed by atoms with Crippen molar-refractivity contribution in [1.29, 1.82) is 0 Å². The minimum absolute atomic E-state index is 0.371. The Balaban J connectivity index is 1.98. The third-order valence-corrected chi connectivity index (χ3v) is 5.84. The Morgan fingerprint density at radius 1 is 0.857 bits per heavy atom. The summed E-state index contributed by atoms with van der Waals surface area (Å²) in [4.78, 5) is 0. The third-order valence-electron chi connectivity index (χ3n) is 5.84. The van der Waals surface area contributed by atoms with Crippen LogP contribution in [0.25, 0.3) is 0 Å². The van der Waals surface area contributed by atoms with Gasteiger partial charge in [0.2, 0.25) is 0 Å². The summed E-state index contributed by atoms with van der Waals surface area (Å²) in [6.45, 7) is 7.85. The lowest BCUT2D eigenvalue weighted by Gasteiger charge is -2.43. The summed E-state index contributed by atoms with van der Waals surface area (Å²) in [5.41, 5.74) is 0.588. The maximum Gasteiger partial charge on any atom is 0.0431 e. The van der Waals surface area contributed by atoms with E-state index < -0.39 is 0 Å². The van der Waals surface area contributed by atoms with Crippen molar-refractivity contribution >= 4 is 0 Å². The molecule has 0 heterocycles. The van der Waals surface area contributed by atoms with Gasteiger partial charge in [-0.3, -0.25) is 0 Å². The summed E-state index contributed by atoms with van der Waals surface area (Å²) in [5.74, 6) is 1.91. The molecule has 0 aliphatic heterocycles. The Hall–Kier alpha value is -0.0400. The summed E-state index contributed by atoms with van der Waals surface area (Å²) in [5, 5.41) is 8.73. The van der Waals surface area contributed by atoms with Gasteiger partial charge in [0, 0.05) is 6.61 Å². The van der Waals surface area contributed by atoms with E-state index in [-0.39, 0.29) is 0 Å². The van der Waals surface area contributed by atoms with Crippen LogP contribution in [0.4, 0.5) is 0 Å². The molecule has 2 unspecified atom stereocenters. The minimum Gasteiger partial charge on any atom is -0.396 e. The van der Waals surface area contributed by atoms with Gasteiger partial charge in [-0.05, 0) is 36.5 Å². The van der Waals surface area contributed by atoms with E-state index in [1.165, 1.54) is 77.0 Å². The number of hydrogen-bond donors (Lipinski definition) is 1. The zero-order valence-corrected chi connectivity index (χ0v) is 15.0. The Morgan fingerprint density at radius 3 is 1.90 bits per heavy atom. The van der Waals surface area contributed by atoms with Crippen LogP contribution in [0.2, 0.25) is 0 Å². The molecule has 1 rings (SSSR count). The molecule has 0 aromatic heterocycles. The molecule has 0 bridgehead atoms. The molecule has 1 N–H and O–H groups in total. The fourth-order valence-corrected chi connectivity index (χ4v) is 4.43. The number of aliphatic hydroxyl groups excluding tert-OH is 1. The van der Waals surface area contributed by atoms with Gasteiger partial charge in [-0.15, -0.1) is 0 Å². The number of hydrogen-bond acceptors (Lipinski definition) is 1. The maximum absolute atomic E-state index is 8.73. The van der Waals surface area contributed by atoms with Gasteiger partial charge in [-0.2, -0.15) is 0 Å². The molecule has 1 nitrogen and oxygen atoms in total. The van der Waals surface area contributed by atoms with Crippen LogP contribution in [-0.4, -0.2) is 11.7 Å². The molecule has 1 fully saturated rings. The van der Waals surface area contributed by atoms with E-state index in [1.54, 1.807) is 0 Å². The zero-order chi connectivity index (χ0) is 15.6. The monoisotopic (exact) mass is 296 g/mol. The first-order valence-electron chi connectivity index (χ1n) is 9.69. The highest BCUT2D eigenvalue weighted by molar-refractivity contribution is 4.86. The predicted octanol–water partition coefficient (Wildman–Crippen LogP) is 6.34. The Kier molecular flexibility index (Phi) is 9.64. The van der Waals surface area contributed by atoms with Crippen LogP contribution >= 0.6 is 0 Å². The lowest BCUT2D eigenvalue weighted by atomic mass is 9.62. The van der Waals surface area contributed by atoms with Crippen molar-refractivity contribution in [3.05, 3.63) is 0 Å². The highest BCUT2D eigenvalue weighted by Crippen LogP contribution is 2.46. The van der Waals surface area contributed by atoms with Crippen LogP contribution < -0.4 is 0 Å². The molecular weight excluding hydrogens is 256 g/mol. The molecule has 0 aromatic rings. The quantitative estimate of drug-likeness (QED) is 0.441. The molecule has 2 atom stereocenters. The smallest absolute Gasteiger partial charge is 0.0431 e. The van der Waals surface area contributed by atoms with Crippen LogP contribution in [0.15, 0.2) is 0 Å². The van der Waals surface area contributed by atoms with E-state index in [1.807, 2.05) is 0 Å². The number of unbranched alkanes of at least 4 members (excludes halogenated alkanes) is 8. The average Bonchev–Trinajstić information content (AvgIpc) is 2.43. The van der Waals surface area contributed by atoms with E-state index in [9.17, 15) is 0 Å². The van der Waals surface area contributed by atoms with Crippen molar-refractivity contribution in [2.24, 2.45) is 17.3 Å². The third kappa shape index (κ3) is 7.68. The van der Waals surface area contributed by atoms with Gasteiger partial charge >= 0.3 is 0 Å². The summed E-state index contributed by atoms with van der Waals surface area (Å²) in [7, 11) is 0. The SMILES string of the molecule is CC1CCCC(C)(C)C1CCCCCCCCCCCO. The number of aliphatic hydroxyl groups is 1. The highest BCUT2D eigenvalue weighted by Gasteiger charge is 2.35. The first kappa shape index (κ1) is 19.0. The first-order valence-corrected chi connectivity index (χ1v) is 9.69. The molecule has 1 aliphatic rings. The maximum atomic E-state index is 8.73. The molecule has 1 heteroatoms. The second-order valence-electron chi connectivity index (χ2n) is 8.16. The molecule has 1 aliphatic carbocycles. The zero-order valence-electron chi connectivity index (χ0n) is 15.0. The molecule has 1 saturated carbocycles. The molecule has 21 heavy (non-hydrogen) atoms. The number of rotatable bonds is 11. The highest BCUT2D eigenvalue weighted by atomic mass is 16.2. The van der Waals surface area contributed by atoms with Crippen LogP contribution in [0.3, 0.4) is 0 Å². The van der Waals surface area contributed by atoms with Gasteiger partial charge < -0.3 is 5.11 Å². The molecular formula is C20H40O. The second-order valence-corrected chi connectivity index (χ2v) is 8.16. The van der Waals surface area contributed by atoms with Crippen molar-refractivity contribution < 1.29 is 5.11 Å². The lowest BCUT2D eigenvalue weighted by Crippen LogP contribution is -2.33. The Morgan fingerprint density at radius 2 is 1.38 bits per heavy atom. The topological polar surface area (TPSA) is 20.2 Å². The Labute approximate surface area is 133 Å². The van der Waals surface area contributed by atoms with Crippen molar-refractivity contribution in [1.82, 2.24) is 0 Å². The van der Waals surface area contributed by atoms with Gasteiger partial charge in [0.25, 0.3) is 0 Å². The standard InChI is InChI=1S/C20H40O/c1-18-14-13-16-20(2,3)19(18)15-11-9-7-5-4-6-8-10-12-17-21/h18-19,21H,4-17H2,1-3H3. The van der Waals surface area contributed by atoms with E-state index in [4.69, 9.17) is 5.11 Å². The largest absolute Gasteiger partial charge is 0.396 e. The van der Waals surface area contributed by atoms with Gasteiger partial charge in [-0.1, -0.05) is 85.0 Å². The average molecular weight is 297 g/mol. The van der Waals surface area contributed by atoms with Gasteiger partial charge in [0.05, 0.1) is 0 Å². The fraction of sp³-hybridized carbons (Fsp3) is 1.00. The summed E-state index contributed by atoms with van der Waals surface area (Å²) in [6, 6.07) is 0. The van der Waals surface area contributed by atoms with Crippen LogP contribution in [0.1, 0.15) is 104 Å². The van der Waals surface area contributed by atoms with E-state index in [0.29, 0.717) is 12.0 Å². The summed E-state index contributed by atoms with van der Waals surface area (Å²) in [6.07, 6.45) is 17.8. The molecule has 126 valence electrons. The van der Waals surface area contributed by atoms with E-state index in [2.05, 4.69) is 20.8 Å². The molecule has 0 radical (unpaired) electrons. The second kappa shape index (κ2) is 10.6. The summed E-state index contributed by atoms with van der Waals surface area (Å²) >= 11 is 0. The van der Waals surface area contributed by atoms with Crippen LogP contribution in [-0.2, 0) is 0 Å². The van der Waals surface area contributed by atoms with E-state index in [0.717, 1.165) is 18.3 Å².